The lowest BCUT2D eigenvalue weighted by Crippen LogP contribution is -2.34. The molecule has 6 heteroatoms. The second-order valence-electron chi connectivity index (χ2n) is 5.25. The smallest absolute Gasteiger partial charge is 0.137 e. The van der Waals surface area contributed by atoms with Gasteiger partial charge in [0.05, 0.1) is 0 Å². The van der Waals surface area contributed by atoms with Crippen LogP contribution < -0.4 is 4.90 Å². The average Bonchev–Trinajstić information content (AvgIpc) is 3.01. The number of nitrogens with one attached hydrogen (secondary N) is 1. The van der Waals surface area contributed by atoms with Crippen molar-refractivity contribution in [3.63, 3.8) is 0 Å². The van der Waals surface area contributed by atoms with Gasteiger partial charge in [0.25, 0.3) is 0 Å². The Morgan fingerprint density at radius 2 is 2.10 bits per heavy atom. The van der Waals surface area contributed by atoms with Crippen molar-refractivity contribution in [3.8, 4) is 0 Å². The van der Waals surface area contributed by atoms with Crippen LogP contribution in [-0.4, -0.2) is 38.2 Å². The third-order valence-corrected chi connectivity index (χ3v) is 3.88. The van der Waals surface area contributed by atoms with Crippen LogP contribution in [0.2, 0.25) is 0 Å². The summed E-state index contributed by atoms with van der Waals surface area (Å²) in [7, 11) is 0. The Kier molecular flexibility index (Phi) is 3.62. The molecule has 0 saturated carbocycles. The maximum Gasteiger partial charge on any atom is 0.137 e. The molecule has 106 valence electrons. The number of hydrogen-bond acceptors (Lipinski definition) is 5. The number of aryl methyl sites for hydroxylation is 2. The first kappa shape index (κ1) is 13.0. The van der Waals surface area contributed by atoms with Crippen LogP contribution in [0.4, 0.5) is 5.82 Å². The summed E-state index contributed by atoms with van der Waals surface area (Å²) < 4.78 is 0. The van der Waals surface area contributed by atoms with Gasteiger partial charge in [-0.25, -0.2) is 15.0 Å². The van der Waals surface area contributed by atoms with Gasteiger partial charge in [-0.15, -0.1) is 0 Å². The van der Waals surface area contributed by atoms with E-state index in [1.807, 2.05) is 6.92 Å². The topological polar surface area (TPSA) is 70.6 Å². The van der Waals surface area contributed by atoms with E-state index in [4.69, 9.17) is 0 Å². The monoisotopic (exact) mass is 272 g/mol. The predicted octanol–water partition coefficient (Wildman–Crippen LogP) is 1.85. The number of anilines is 1. The highest BCUT2D eigenvalue weighted by Gasteiger charge is 2.23. The minimum Gasteiger partial charge on any atom is -0.356 e. The number of piperidine rings is 1. The van der Waals surface area contributed by atoms with Gasteiger partial charge < -0.3 is 4.90 Å². The van der Waals surface area contributed by atoms with Crippen molar-refractivity contribution in [1.82, 2.24) is 25.1 Å². The van der Waals surface area contributed by atoms with Crippen LogP contribution in [0, 0.1) is 6.92 Å². The molecule has 0 bridgehead atoms. The highest BCUT2D eigenvalue weighted by atomic mass is 15.2. The van der Waals surface area contributed by atoms with E-state index in [-0.39, 0.29) is 0 Å². The van der Waals surface area contributed by atoms with E-state index in [9.17, 15) is 0 Å². The standard InChI is InChI=1S/C14H20N6/c1-3-12-8-13(18-10(2)17-12)20-6-4-11(5-7-20)14-15-9-16-19-14/h8-9,11H,3-7H2,1-2H3,(H,15,16,19). The van der Waals surface area contributed by atoms with Crippen LogP contribution in [0.3, 0.4) is 0 Å². The fourth-order valence-electron chi connectivity index (χ4n) is 2.75. The van der Waals surface area contributed by atoms with E-state index in [1.165, 1.54) is 0 Å². The van der Waals surface area contributed by atoms with Gasteiger partial charge >= 0.3 is 0 Å². The van der Waals surface area contributed by atoms with Gasteiger partial charge in [0.1, 0.15) is 23.8 Å². The lowest BCUT2D eigenvalue weighted by atomic mass is 9.96. The van der Waals surface area contributed by atoms with Gasteiger partial charge in [0.15, 0.2) is 0 Å². The highest BCUT2D eigenvalue weighted by molar-refractivity contribution is 5.40. The van der Waals surface area contributed by atoms with E-state index in [1.54, 1.807) is 6.33 Å². The van der Waals surface area contributed by atoms with E-state index in [0.717, 1.165) is 55.5 Å². The first-order valence-electron chi connectivity index (χ1n) is 7.21. The number of hydrogen-bond donors (Lipinski definition) is 1. The van der Waals surface area contributed by atoms with Crippen molar-refractivity contribution >= 4 is 5.82 Å². The molecule has 2 aromatic heterocycles. The lowest BCUT2D eigenvalue weighted by Gasteiger charge is -2.32. The first-order chi connectivity index (χ1) is 9.76. The number of aromatic nitrogens is 5. The Morgan fingerprint density at radius 3 is 2.75 bits per heavy atom. The number of aromatic amines is 1. The predicted molar refractivity (Wildman–Crippen MR) is 76.7 cm³/mol. The molecule has 1 fully saturated rings. The number of H-pyrrole nitrogens is 1. The van der Waals surface area contributed by atoms with Crippen molar-refractivity contribution in [2.75, 3.05) is 18.0 Å². The lowest BCUT2D eigenvalue weighted by molar-refractivity contribution is 0.484. The van der Waals surface area contributed by atoms with Crippen LogP contribution in [0.25, 0.3) is 0 Å². The molecular weight excluding hydrogens is 252 g/mol. The van der Waals surface area contributed by atoms with Crippen LogP contribution >= 0.6 is 0 Å². The number of nitrogens with zero attached hydrogens (tertiary/aromatic N) is 5. The molecule has 0 atom stereocenters. The Hall–Kier alpha value is -1.98. The maximum absolute atomic E-state index is 4.57. The second-order valence-corrected chi connectivity index (χ2v) is 5.25. The number of rotatable bonds is 3. The fraction of sp³-hybridized carbons (Fsp3) is 0.571. The van der Waals surface area contributed by atoms with Crippen molar-refractivity contribution in [2.45, 2.75) is 39.0 Å². The summed E-state index contributed by atoms with van der Waals surface area (Å²) in [6.07, 6.45) is 4.70. The molecule has 20 heavy (non-hydrogen) atoms. The maximum atomic E-state index is 4.57. The molecule has 0 spiro atoms. The summed E-state index contributed by atoms with van der Waals surface area (Å²) in [6.45, 7) is 6.10. The van der Waals surface area contributed by atoms with E-state index in [0.29, 0.717) is 5.92 Å². The normalized spacial score (nSPS) is 16.6. The van der Waals surface area contributed by atoms with Gasteiger partial charge in [0.2, 0.25) is 0 Å². The van der Waals surface area contributed by atoms with E-state index in [2.05, 4.69) is 43.0 Å². The summed E-state index contributed by atoms with van der Waals surface area (Å²) in [5, 5.41) is 6.92. The molecular formula is C14H20N6. The zero-order valence-electron chi connectivity index (χ0n) is 12.0. The molecule has 3 heterocycles. The highest BCUT2D eigenvalue weighted by Crippen LogP contribution is 2.27. The Labute approximate surface area is 118 Å². The van der Waals surface area contributed by atoms with Crippen molar-refractivity contribution < 1.29 is 0 Å². The van der Waals surface area contributed by atoms with Gasteiger partial charge in [-0.1, -0.05) is 6.92 Å². The summed E-state index contributed by atoms with van der Waals surface area (Å²) in [5.41, 5.74) is 1.12. The van der Waals surface area contributed by atoms with Crippen LogP contribution in [0.1, 0.15) is 43.0 Å². The fourth-order valence-corrected chi connectivity index (χ4v) is 2.75. The Bertz CT molecular complexity index is 557. The third-order valence-electron chi connectivity index (χ3n) is 3.88. The summed E-state index contributed by atoms with van der Waals surface area (Å²) in [5.74, 6) is 3.42. The second kappa shape index (κ2) is 5.56. The van der Waals surface area contributed by atoms with Crippen LogP contribution in [0.5, 0.6) is 0 Å². The van der Waals surface area contributed by atoms with Gasteiger partial charge in [-0.2, -0.15) is 5.10 Å². The van der Waals surface area contributed by atoms with Gasteiger partial charge in [-0.05, 0) is 26.2 Å². The molecule has 1 saturated heterocycles. The Balaban J connectivity index is 1.70. The van der Waals surface area contributed by atoms with Crippen LogP contribution in [0.15, 0.2) is 12.4 Å². The summed E-state index contributed by atoms with van der Waals surface area (Å²) in [4.78, 5) is 15.6. The largest absolute Gasteiger partial charge is 0.356 e. The average molecular weight is 272 g/mol. The Morgan fingerprint density at radius 1 is 1.30 bits per heavy atom. The zero-order chi connectivity index (χ0) is 13.9. The SMILES string of the molecule is CCc1cc(N2CCC(c3ncn[nH]3)CC2)nc(C)n1. The molecule has 3 rings (SSSR count). The van der Waals surface area contributed by atoms with Gasteiger partial charge in [-0.3, -0.25) is 5.10 Å². The summed E-state index contributed by atoms with van der Waals surface area (Å²) >= 11 is 0. The minimum atomic E-state index is 0.488. The minimum absolute atomic E-state index is 0.488. The molecule has 1 aliphatic heterocycles. The molecule has 0 radical (unpaired) electrons. The summed E-state index contributed by atoms with van der Waals surface area (Å²) in [6, 6.07) is 2.11. The molecule has 0 aromatic carbocycles. The van der Waals surface area contributed by atoms with Gasteiger partial charge in [0, 0.05) is 30.8 Å². The quantitative estimate of drug-likeness (QED) is 0.923. The first-order valence-corrected chi connectivity index (χ1v) is 7.21. The molecule has 0 unspecified atom stereocenters. The molecule has 2 aromatic rings. The molecule has 1 aliphatic rings. The van der Waals surface area contributed by atoms with Crippen LogP contribution in [-0.2, 0) is 6.42 Å². The molecule has 6 nitrogen and oxygen atoms in total. The molecule has 0 aliphatic carbocycles. The molecule has 1 N–H and O–H groups in total. The van der Waals surface area contributed by atoms with Crippen molar-refractivity contribution in [3.05, 3.63) is 29.7 Å². The molecule has 0 amide bonds. The zero-order valence-corrected chi connectivity index (χ0v) is 12.0. The van der Waals surface area contributed by atoms with E-state index >= 15 is 0 Å². The van der Waals surface area contributed by atoms with Crippen molar-refractivity contribution in [2.24, 2.45) is 0 Å². The van der Waals surface area contributed by atoms with Crippen molar-refractivity contribution in [1.29, 1.82) is 0 Å². The van der Waals surface area contributed by atoms with E-state index < -0.39 is 0 Å². The third kappa shape index (κ3) is 2.64.